The first-order valence-electron chi connectivity index (χ1n) is 6.79. The van der Waals surface area contributed by atoms with Gasteiger partial charge in [0, 0.05) is 12.0 Å². The average molecular weight is 253 g/mol. The van der Waals surface area contributed by atoms with Crippen molar-refractivity contribution in [2.75, 3.05) is 6.61 Å². The number of hydrogen-bond donors (Lipinski definition) is 2. The zero-order chi connectivity index (χ0) is 12.7. The fraction of sp³-hybridized carbons (Fsp3) is 0.846. The van der Waals surface area contributed by atoms with Crippen molar-refractivity contribution in [3.63, 3.8) is 0 Å². The third-order valence-corrected chi connectivity index (χ3v) is 4.94. The summed E-state index contributed by atoms with van der Waals surface area (Å²) in [6.45, 7) is 0.601. The van der Waals surface area contributed by atoms with Gasteiger partial charge in [-0.1, -0.05) is 0 Å². The fourth-order valence-electron chi connectivity index (χ4n) is 4.07. The smallest absolute Gasteiger partial charge is 0.404 e. The highest BCUT2D eigenvalue weighted by molar-refractivity contribution is 5.74. The lowest BCUT2D eigenvalue weighted by Gasteiger charge is -2.42. The molecule has 2 N–H and O–H groups in total. The van der Waals surface area contributed by atoms with Crippen LogP contribution in [0.25, 0.3) is 0 Å². The molecule has 0 aromatic heterocycles. The van der Waals surface area contributed by atoms with Crippen LogP contribution >= 0.6 is 0 Å². The Hall–Kier alpha value is -1.26. The van der Waals surface area contributed by atoms with Crippen LogP contribution in [-0.4, -0.2) is 29.8 Å². The molecule has 1 heterocycles. The Morgan fingerprint density at radius 3 is 2.78 bits per heavy atom. The summed E-state index contributed by atoms with van der Waals surface area (Å²) >= 11 is 0. The first kappa shape index (κ1) is 11.8. The third-order valence-electron chi connectivity index (χ3n) is 4.94. The summed E-state index contributed by atoms with van der Waals surface area (Å²) in [5.74, 6) is 1.61. The Labute approximate surface area is 106 Å². The van der Waals surface area contributed by atoms with Gasteiger partial charge in [0.1, 0.15) is 0 Å². The molecule has 1 aliphatic heterocycles. The number of hydrogen-bond acceptors (Lipinski definition) is 3. The van der Waals surface area contributed by atoms with E-state index in [-0.39, 0.29) is 17.9 Å². The first-order chi connectivity index (χ1) is 8.63. The lowest BCUT2D eigenvalue weighted by molar-refractivity contribution is -0.142. The van der Waals surface area contributed by atoms with E-state index in [9.17, 15) is 9.59 Å². The Morgan fingerprint density at radius 2 is 2.00 bits per heavy atom. The molecule has 2 saturated carbocycles. The Balaban J connectivity index is 1.64. The summed E-state index contributed by atoms with van der Waals surface area (Å²) in [6.07, 6.45) is 3.93. The highest BCUT2D eigenvalue weighted by Crippen LogP contribution is 2.47. The number of carbonyl (C=O) groups excluding carboxylic acids is 1. The quantitative estimate of drug-likeness (QED) is 0.696. The second-order valence-corrected chi connectivity index (χ2v) is 5.95. The van der Waals surface area contributed by atoms with Crippen LogP contribution in [0.1, 0.15) is 32.1 Å². The van der Waals surface area contributed by atoms with Crippen molar-refractivity contribution >= 4 is 12.1 Å². The third kappa shape index (κ3) is 2.06. The molecule has 5 nitrogen and oxygen atoms in total. The predicted octanol–water partition coefficient (Wildman–Crippen LogP) is 1.62. The zero-order valence-corrected chi connectivity index (χ0v) is 10.3. The topological polar surface area (TPSA) is 75.6 Å². The van der Waals surface area contributed by atoms with Crippen molar-refractivity contribution in [2.24, 2.45) is 23.7 Å². The molecule has 0 aromatic carbocycles. The molecular weight excluding hydrogens is 234 g/mol. The van der Waals surface area contributed by atoms with Crippen molar-refractivity contribution in [3.05, 3.63) is 0 Å². The van der Waals surface area contributed by atoms with Crippen molar-refractivity contribution < 1.29 is 19.4 Å². The maximum Gasteiger partial charge on any atom is 0.404 e. The molecule has 0 radical (unpaired) electrons. The van der Waals surface area contributed by atoms with E-state index in [1.807, 2.05) is 0 Å². The molecule has 1 amide bonds. The van der Waals surface area contributed by atoms with E-state index in [0.717, 1.165) is 32.1 Å². The fourth-order valence-corrected chi connectivity index (χ4v) is 4.07. The highest BCUT2D eigenvalue weighted by atomic mass is 16.5. The number of nitrogens with one attached hydrogen (secondary N) is 1. The lowest BCUT2D eigenvalue weighted by atomic mass is 9.63. The molecule has 2 aliphatic carbocycles. The summed E-state index contributed by atoms with van der Waals surface area (Å²) in [4.78, 5) is 22.3. The maximum atomic E-state index is 11.6. The second-order valence-electron chi connectivity index (χ2n) is 5.95. The lowest BCUT2D eigenvalue weighted by Crippen LogP contribution is -2.43. The van der Waals surface area contributed by atoms with Crippen LogP contribution in [0.15, 0.2) is 0 Å². The van der Waals surface area contributed by atoms with Gasteiger partial charge in [0.2, 0.25) is 0 Å². The minimum Gasteiger partial charge on any atom is -0.465 e. The normalized spacial score (nSPS) is 42.7. The highest BCUT2D eigenvalue weighted by Gasteiger charge is 2.47. The summed E-state index contributed by atoms with van der Waals surface area (Å²) < 4.78 is 5.15. The van der Waals surface area contributed by atoms with Gasteiger partial charge in [-0.15, -0.1) is 0 Å². The van der Waals surface area contributed by atoms with Gasteiger partial charge in [-0.25, -0.2) is 4.79 Å². The van der Waals surface area contributed by atoms with E-state index in [1.165, 1.54) is 0 Å². The number of carbonyl (C=O) groups is 2. The monoisotopic (exact) mass is 253 g/mol. The minimum absolute atomic E-state index is 0.0354. The Kier molecular flexibility index (Phi) is 2.92. The number of cyclic esters (lactones) is 1. The maximum absolute atomic E-state index is 11.6. The van der Waals surface area contributed by atoms with Crippen LogP contribution < -0.4 is 5.32 Å². The molecule has 0 bridgehead atoms. The first-order valence-corrected chi connectivity index (χ1v) is 6.79. The molecule has 5 atom stereocenters. The second kappa shape index (κ2) is 4.44. The number of amides is 1. The van der Waals surface area contributed by atoms with Gasteiger partial charge in [0.05, 0.1) is 12.5 Å². The van der Waals surface area contributed by atoms with E-state index >= 15 is 0 Å². The Bertz CT molecular complexity index is 370. The van der Waals surface area contributed by atoms with Crippen LogP contribution in [0.2, 0.25) is 0 Å². The van der Waals surface area contributed by atoms with Gasteiger partial charge in [0.15, 0.2) is 0 Å². The largest absolute Gasteiger partial charge is 0.465 e. The van der Waals surface area contributed by atoms with E-state index in [2.05, 4.69) is 5.32 Å². The van der Waals surface area contributed by atoms with Gasteiger partial charge in [-0.2, -0.15) is 0 Å². The van der Waals surface area contributed by atoms with Gasteiger partial charge in [-0.05, 0) is 43.9 Å². The van der Waals surface area contributed by atoms with Crippen molar-refractivity contribution in [1.29, 1.82) is 0 Å². The number of fused-ring (bicyclic) bond motifs is 2. The van der Waals surface area contributed by atoms with E-state index in [1.54, 1.807) is 0 Å². The number of rotatable bonds is 1. The molecule has 0 aromatic rings. The average Bonchev–Trinajstić information content (AvgIpc) is 2.67. The molecule has 100 valence electrons. The number of ether oxygens (including phenoxy) is 1. The number of carboxylic acid groups (broad SMARTS) is 1. The SMILES string of the molecule is O=C(O)NC1CCC2CC3COC(=O)C3CC2C1. The van der Waals surface area contributed by atoms with Crippen molar-refractivity contribution in [1.82, 2.24) is 5.32 Å². The summed E-state index contributed by atoms with van der Waals surface area (Å²) in [5, 5.41) is 11.4. The summed E-state index contributed by atoms with van der Waals surface area (Å²) in [5.41, 5.74) is 0. The summed E-state index contributed by atoms with van der Waals surface area (Å²) in [6, 6.07) is 0.0673. The van der Waals surface area contributed by atoms with Gasteiger partial charge >= 0.3 is 12.1 Å². The molecule has 5 heteroatoms. The molecule has 0 spiro atoms. The van der Waals surface area contributed by atoms with Crippen LogP contribution in [0.5, 0.6) is 0 Å². The summed E-state index contributed by atoms with van der Waals surface area (Å²) in [7, 11) is 0. The van der Waals surface area contributed by atoms with Gasteiger partial charge < -0.3 is 15.2 Å². The molecule has 1 saturated heterocycles. The molecule has 3 rings (SSSR count). The minimum atomic E-state index is -0.938. The van der Waals surface area contributed by atoms with Crippen molar-refractivity contribution in [2.45, 2.75) is 38.1 Å². The van der Waals surface area contributed by atoms with Crippen LogP contribution in [0.4, 0.5) is 4.79 Å². The Morgan fingerprint density at radius 1 is 1.17 bits per heavy atom. The van der Waals surface area contributed by atoms with Crippen LogP contribution in [0.3, 0.4) is 0 Å². The van der Waals surface area contributed by atoms with Gasteiger partial charge in [0.25, 0.3) is 0 Å². The molecule has 18 heavy (non-hydrogen) atoms. The molecular formula is C13H19NO4. The van der Waals surface area contributed by atoms with E-state index in [4.69, 9.17) is 9.84 Å². The van der Waals surface area contributed by atoms with Gasteiger partial charge in [-0.3, -0.25) is 4.79 Å². The molecule has 5 unspecified atom stereocenters. The van der Waals surface area contributed by atoms with Crippen LogP contribution in [0, 0.1) is 23.7 Å². The van der Waals surface area contributed by atoms with E-state index < -0.39 is 6.09 Å². The molecule has 3 fully saturated rings. The van der Waals surface area contributed by atoms with Crippen molar-refractivity contribution in [3.8, 4) is 0 Å². The standard InChI is InChI=1S/C13H19NO4/c15-12-11-5-8-4-10(14-13(16)17)2-1-7(8)3-9(11)6-18-12/h7-11,14H,1-6H2,(H,16,17). The van der Waals surface area contributed by atoms with E-state index in [0.29, 0.717) is 24.4 Å². The van der Waals surface area contributed by atoms with Crippen LogP contribution in [-0.2, 0) is 9.53 Å². The number of esters is 1. The predicted molar refractivity (Wildman–Crippen MR) is 63.0 cm³/mol. The molecule has 3 aliphatic rings. The zero-order valence-electron chi connectivity index (χ0n) is 10.3.